The van der Waals surface area contributed by atoms with E-state index in [1.807, 2.05) is 12.1 Å². The number of hydrogen-bond donors (Lipinski definition) is 1. The highest BCUT2D eigenvalue weighted by Gasteiger charge is 2.12. The van der Waals surface area contributed by atoms with Crippen molar-refractivity contribution in [2.75, 3.05) is 12.4 Å². The molecule has 122 valence electrons. The van der Waals surface area contributed by atoms with Crippen molar-refractivity contribution in [2.24, 2.45) is 0 Å². The van der Waals surface area contributed by atoms with Crippen LogP contribution in [0.5, 0.6) is 5.75 Å². The van der Waals surface area contributed by atoms with Crippen molar-refractivity contribution < 1.29 is 18.3 Å². The molecule has 1 N–H and O–H groups in total. The zero-order chi connectivity index (χ0) is 16.8. The van der Waals surface area contributed by atoms with E-state index in [9.17, 15) is 13.6 Å². The molecule has 0 bridgehead atoms. The van der Waals surface area contributed by atoms with Gasteiger partial charge in [0.15, 0.2) is 0 Å². The number of halogens is 3. The topological polar surface area (TPSA) is 41.6 Å². The highest BCUT2D eigenvalue weighted by molar-refractivity contribution is 6.31. The molecule has 2 aromatic carbocycles. The van der Waals surface area contributed by atoms with Gasteiger partial charge >= 0.3 is 12.6 Å². The number of nitrogens with one attached hydrogen (secondary N) is 1. The zero-order valence-electron chi connectivity index (χ0n) is 12.3. The Bertz CT molecular complexity index is 683. The van der Waals surface area contributed by atoms with Crippen molar-refractivity contribution >= 4 is 23.3 Å². The highest BCUT2D eigenvalue weighted by Crippen LogP contribution is 2.20. The molecule has 7 heteroatoms. The summed E-state index contributed by atoms with van der Waals surface area (Å²) in [5.74, 6) is -0.0217. The van der Waals surface area contributed by atoms with Gasteiger partial charge < -0.3 is 15.0 Å². The summed E-state index contributed by atoms with van der Waals surface area (Å²) >= 11 is 6.06. The van der Waals surface area contributed by atoms with Crippen LogP contribution in [0.15, 0.2) is 48.5 Å². The van der Waals surface area contributed by atoms with Crippen LogP contribution in [0, 0.1) is 0 Å². The summed E-state index contributed by atoms with van der Waals surface area (Å²) in [4.78, 5) is 13.6. The van der Waals surface area contributed by atoms with Gasteiger partial charge in [0.25, 0.3) is 0 Å². The highest BCUT2D eigenvalue weighted by atomic mass is 35.5. The molecule has 2 amide bonds. The molecule has 0 aliphatic rings. The first kappa shape index (κ1) is 17.0. The second-order valence-corrected chi connectivity index (χ2v) is 5.19. The summed E-state index contributed by atoms with van der Waals surface area (Å²) in [5.41, 5.74) is 1.17. The smallest absolute Gasteiger partial charge is 0.387 e. The quantitative estimate of drug-likeness (QED) is 0.863. The summed E-state index contributed by atoms with van der Waals surface area (Å²) < 4.78 is 28.7. The van der Waals surface area contributed by atoms with Crippen LogP contribution in [-0.4, -0.2) is 24.6 Å². The van der Waals surface area contributed by atoms with Crippen LogP contribution in [0.1, 0.15) is 5.56 Å². The number of alkyl halides is 2. The van der Waals surface area contributed by atoms with Gasteiger partial charge in [-0.1, -0.05) is 35.9 Å². The van der Waals surface area contributed by atoms with Crippen molar-refractivity contribution in [2.45, 2.75) is 13.2 Å². The maximum Gasteiger partial charge on any atom is 0.387 e. The van der Waals surface area contributed by atoms with Crippen molar-refractivity contribution in [1.29, 1.82) is 0 Å². The van der Waals surface area contributed by atoms with Gasteiger partial charge in [0.05, 0.1) is 0 Å². The maximum atomic E-state index is 12.2. The number of amides is 2. The molecule has 0 radical (unpaired) electrons. The van der Waals surface area contributed by atoms with E-state index in [4.69, 9.17) is 11.6 Å². The Hall–Kier alpha value is -2.34. The van der Waals surface area contributed by atoms with Gasteiger partial charge in [-0.2, -0.15) is 8.78 Å². The molecule has 0 saturated heterocycles. The lowest BCUT2D eigenvalue weighted by molar-refractivity contribution is -0.0497. The first-order valence-corrected chi connectivity index (χ1v) is 7.14. The molecule has 0 aliphatic heterocycles. The molecule has 0 atom stereocenters. The molecule has 0 saturated carbocycles. The van der Waals surface area contributed by atoms with E-state index in [2.05, 4.69) is 10.1 Å². The molecule has 2 rings (SSSR count). The summed E-state index contributed by atoms with van der Waals surface area (Å²) in [7, 11) is 1.61. The molecule has 2 aromatic rings. The third-order valence-corrected chi connectivity index (χ3v) is 3.39. The number of carbonyl (C=O) groups is 1. The second-order valence-electron chi connectivity index (χ2n) is 4.78. The normalized spacial score (nSPS) is 10.5. The Kier molecular flexibility index (Phi) is 5.76. The van der Waals surface area contributed by atoms with Gasteiger partial charge in [-0.25, -0.2) is 4.79 Å². The zero-order valence-corrected chi connectivity index (χ0v) is 13.1. The van der Waals surface area contributed by atoms with E-state index in [0.717, 1.165) is 5.56 Å². The molecule has 0 aromatic heterocycles. The third kappa shape index (κ3) is 5.10. The lowest BCUT2D eigenvalue weighted by Gasteiger charge is -2.19. The lowest BCUT2D eigenvalue weighted by Crippen LogP contribution is -2.30. The van der Waals surface area contributed by atoms with Crippen molar-refractivity contribution in [3.05, 3.63) is 59.1 Å². The van der Waals surface area contributed by atoms with E-state index >= 15 is 0 Å². The lowest BCUT2D eigenvalue weighted by atomic mass is 10.2. The van der Waals surface area contributed by atoms with E-state index in [1.54, 1.807) is 25.2 Å². The van der Waals surface area contributed by atoms with Gasteiger partial charge in [-0.05, 0) is 23.8 Å². The Morgan fingerprint density at radius 2 is 2.00 bits per heavy atom. The number of hydrogen-bond acceptors (Lipinski definition) is 2. The van der Waals surface area contributed by atoms with Gasteiger partial charge in [0.2, 0.25) is 0 Å². The SMILES string of the molecule is CN(Cc1ccccc1Cl)C(=O)Nc1cccc(OC(F)F)c1. The number of benzene rings is 2. The van der Waals surface area contributed by atoms with Gasteiger partial charge in [-0.3, -0.25) is 0 Å². The average molecular weight is 341 g/mol. The van der Waals surface area contributed by atoms with E-state index in [-0.39, 0.29) is 11.8 Å². The van der Waals surface area contributed by atoms with Crippen LogP contribution < -0.4 is 10.1 Å². The molecule has 4 nitrogen and oxygen atoms in total. The largest absolute Gasteiger partial charge is 0.435 e. The minimum atomic E-state index is -2.91. The summed E-state index contributed by atoms with van der Waals surface area (Å²) in [6.07, 6.45) is 0. The fourth-order valence-corrected chi connectivity index (χ4v) is 2.12. The predicted molar refractivity (Wildman–Crippen MR) is 85.0 cm³/mol. The maximum absolute atomic E-state index is 12.2. The second kappa shape index (κ2) is 7.78. The number of nitrogens with zero attached hydrogens (tertiary/aromatic N) is 1. The fourth-order valence-electron chi connectivity index (χ4n) is 1.92. The fraction of sp³-hybridized carbons (Fsp3) is 0.188. The van der Waals surface area contributed by atoms with Crippen molar-refractivity contribution in [3.8, 4) is 5.75 Å². The van der Waals surface area contributed by atoms with Crippen LogP contribution in [-0.2, 0) is 6.54 Å². The van der Waals surface area contributed by atoms with Crippen molar-refractivity contribution in [1.82, 2.24) is 4.90 Å². The van der Waals surface area contributed by atoms with Crippen LogP contribution in [0.2, 0.25) is 5.02 Å². The molecule has 0 heterocycles. The minimum Gasteiger partial charge on any atom is -0.435 e. The Morgan fingerprint density at radius 3 is 2.70 bits per heavy atom. The monoisotopic (exact) mass is 340 g/mol. The first-order chi connectivity index (χ1) is 11.0. The van der Waals surface area contributed by atoms with Gasteiger partial charge in [0, 0.05) is 30.4 Å². The Morgan fingerprint density at radius 1 is 1.26 bits per heavy atom. The molecular formula is C16H15ClF2N2O2. The van der Waals surface area contributed by atoms with Crippen molar-refractivity contribution in [3.63, 3.8) is 0 Å². The number of carbonyl (C=O) groups excluding carboxylic acids is 1. The predicted octanol–water partition coefficient (Wildman–Crippen LogP) is 4.61. The molecule has 0 fully saturated rings. The third-order valence-electron chi connectivity index (χ3n) is 3.02. The summed E-state index contributed by atoms with van der Waals surface area (Å²) in [6.45, 7) is -2.59. The first-order valence-electron chi connectivity index (χ1n) is 6.76. The summed E-state index contributed by atoms with van der Waals surface area (Å²) in [6, 6.07) is 12.6. The van der Waals surface area contributed by atoms with Gasteiger partial charge in [-0.15, -0.1) is 0 Å². The van der Waals surface area contributed by atoms with E-state index in [1.165, 1.54) is 23.1 Å². The molecular weight excluding hydrogens is 326 g/mol. The molecule has 0 unspecified atom stereocenters. The van der Waals surface area contributed by atoms with Crippen LogP contribution >= 0.6 is 11.6 Å². The minimum absolute atomic E-state index is 0.0217. The van der Waals surface area contributed by atoms with Crippen LogP contribution in [0.25, 0.3) is 0 Å². The van der Waals surface area contributed by atoms with E-state index in [0.29, 0.717) is 17.3 Å². The number of ether oxygens (including phenoxy) is 1. The Balaban J connectivity index is 1.99. The van der Waals surface area contributed by atoms with E-state index < -0.39 is 6.61 Å². The number of rotatable bonds is 5. The summed E-state index contributed by atoms with van der Waals surface area (Å²) in [5, 5.41) is 3.18. The molecule has 0 aliphatic carbocycles. The van der Waals surface area contributed by atoms with Crippen LogP contribution in [0.3, 0.4) is 0 Å². The molecule has 23 heavy (non-hydrogen) atoms. The van der Waals surface area contributed by atoms with Crippen LogP contribution in [0.4, 0.5) is 19.3 Å². The molecule has 0 spiro atoms. The standard InChI is InChI=1S/C16H15ClF2N2O2/c1-21(10-11-5-2-3-8-14(11)17)16(22)20-12-6-4-7-13(9-12)23-15(18)19/h2-9,15H,10H2,1H3,(H,20,22). The number of urea groups is 1. The average Bonchev–Trinajstić information content (AvgIpc) is 2.49. The Labute approximate surface area is 137 Å². The van der Waals surface area contributed by atoms with Gasteiger partial charge in [0.1, 0.15) is 5.75 Å². The number of anilines is 1.